The van der Waals surface area contributed by atoms with Gasteiger partial charge in [0.05, 0.1) is 4.90 Å². The Labute approximate surface area is 164 Å². The smallest absolute Gasteiger partial charge is 0.243 e. The first-order valence-corrected chi connectivity index (χ1v) is 10.9. The van der Waals surface area contributed by atoms with Crippen molar-refractivity contribution in [2.24, 2.45) is 0 Å². The number of hydrogen-bond donors (Lipinski definition) is 1. The summed E-state index contributed by atoms with van der Waals surface area (Å²) in [5.41, 5.74) is 2.16. The normalized spacial score (nSPS) is 16.5. The molecule has 0 unspecified atom stereocenters. The highest BCUT2D eigenvalue weighted by molar-refractivity contribution is 7.89. The van der Waals surface area contributed by atoms with Gasteiger partial charge in [0.1, 0.15) is 0 Å². The second kappa shape index (κ2) is 7.64. The molecule has 0 radical (unpaired) electrons. The predicted molar refractivity (Wildman–Crippen MR) is 109 cm³/mol. The quantitative estimate of drug-likeness (QED) is 0.727. The maximum absolute atomic E-state index is 13.0. The Morgan fingerprint density at radius 2 is 1.81 bits per heavy atom. The summed E-state index contributed by atoms with van der Waals surface area (Å²) in [6.45, 7) is 3.34. The molecule has 7 heteroatoms. The van der Waals surface area contributed by atoms with Crippen LogP contribution in [0.25, 0.3) is 10.9 Å². The van der Waals surface area contributed by atoms with E-state index in [2.05, 4.69) is 9.88 Å². The van der Waals surface area contributed by atoms with Crippen LogP contribution in [0, 0.1) is 0 Å². The van der Waals surface area contributed by atoms with Gasteiger partial charge in [-0.05, 0) is 54.9 Å². The van der Waals surface area contributed by atoms with Crippen molar-refractivity contribution in [2.75, 3.05) is 26.2 Å². The fraction of sp³-hybridized carbons (Fsp3) is 0.300. The van der Waals surface area contributed by atoms with E-state index in [0.29, 0.717) is 31.1 Å². The van der Waals surface area contributed by atoms with E-state index in [-0.39, 0.29) is 0 Å². The average Bonchev–Trinajstić information content (AvgIpc) is 2.87. The van der Waals surface area contributed by atoms with Gasteiger partial charge >= 0.3 is 0 Å². The number of halogens is 1. The van der Waals surface area contributed by atoms with Crippen LogP contribution in [0.4, 0.5) is 0 Å². The third-order valence-electron chi connectivity index (χ3n) is 4.95. The maximum Gasteiger partial charge on any atom is 0.243 e. The third-order valence-corrected chi connectivity index (χ3v) is 7.09. The van der Waals surface area contributed by atoms with E-state index >= 15 is 0 Å². The Kier molecular flexibility index (Phi) is 5.23. The van der Waals surface area contributed by atoms with Crippen LogP contribution < -0.4 is 5.32 Å². The molecule has 2 heterocycles. The largest absolute Gasteiger partial charge is 0.343 e. The molecule has 3 aromatic rings. The van der Waals surface area contributed by atoms with Crippen molar-refractivity contribution < 1.29 is 8.42 Å². The Bertz CT molecular complexity index is 1040. The van der Waals surface area contributed by atoms with Crippen molar-refractivity contribution in [1.82, 2.24) is 14.2 Å². The molecule has 1 aliphatic rings. The first-order chi connectivity index (χ1) is 13.0. The van der Waals surface area contributed by atoms with Crippen molar-refractivity contribution in [2.45, 2.75) is 17.9 Å². The predicted octanol–water partition coefficient (Wildman–Crippen LogP) is 3.33. The van der Waals surface area contributed by atoms with Gasteiger partial charge < -0.3 is 9.88 Å². The number of aromatic nitrogens is 1. The molecule has 0 aliphatic carbocycles. The molecule has 142 valence electrons. The van der Waals surface area contributed by atoms with Crippen LogP contribution in [0.15, 0.2) is 59.6 Å². The van der Waals surface area contributed by atoms with Gasteiger partial charge in [0, 0.05) is 48.3 Å². The van der Waals surface area contributed by atoms with Crippen LogP contribution in [0.1, 0.15) is 12.0 Å². The standard InChI is InChI=1S/C20H22ClN3O2S/c21-18-4-2-16(3-5-18)15-23-12-8-17-14-19(6-7-20(17)23)27(25,26)24-11-1-9-22-10-13-24/h2-8,12,14,22H,1,9-11,13,15H2. The summed E-state index contributed by atoms with van der Waals surface area (Å²) in [5, 5.41) is 4.89. The summed E-state index contributed by atoms with van der Waals surface area (Å²) in [6.07, 6.45) is 2.82. The van der Waals surface area contributed by atoms with Crippen molar-refractivity contribution in [3.63, 3.8) is 0 Å². The van der Waals surface area contributed by atoms with E-state index in [1.165, 1.54) is 0 Å². The van der Waals surface area contributed by atoms with E-state index in [1.54, 1.807) is 16.4 Å². The van der Waals surface area contributed by atoms with Crippen LogP contribution in [-0.2, 0) is 16.6 Å². The van der Waals surface area contributed by atoms with Gasteiger partial charge in [-0.2, -0.15) is 4.31 Å². The summed E-state index contributed by atoms with van der Waals surface area (Å²) in [5.74, 6) is 0. The lowest BCUT2D eigenvalue weighted by Gasteiger charge is -2.19. The van der Waals surface area contributed by atoms with Crippen LogP contribution in [0.2, 0.25) is 5.02 Å². The van der Waals surface area contributed by atoms with Crippen molar-refractivity contribution in [3.05, 3.63) is 65.3 Å². The third kappa shape index (κ3) is 3.89. The number of nitrogens with zero attached hydrogens (tertiary/aromatic N) is 2. The lowest BCUT2D eigenvalue weighted by Crippen LogP contribution is -2.34. The molecule has 1 N–H and O–H groups in total. The molecule has 0 amide bonds. The van der Waals surface area contributed by atoms with Gasteiger partial charge in [0.15, 0.2) is 0 Å². The monoisotopic (exact) mass is 403 g/mol. The Morgan fingerprint density at radius 1 is 1.00 bits per heavy atom. The van der Waals surface area contributed by atoms with E-state index in [0.717, 1.165) is 34.5 Å². The summed E-state index contributed by atoms with van der Waals surface area (Å²) >= 11 is 5.95. The highest BCUT2D eigenvalue weighted by Crippen LogP contribution is 2.24. The maximum atomic E-state index is 13.0. The molecule has 1 fully saturated rings. The fourth-order valence-electron chi connectivity index (χ4n) is 3.47. The van der Waals surface area contributed by atoms with Crippen molar-refractivity contribution in [1.29, 1.82) is 0 Å². The SMILES string of the molecule is O=S(=O)(c1ccc2c(ccn2Cc2ccc(Cl)cc2)c1)N1CCCNCC1. The highest BCUT2D eigenvalue weighted by Gasteiger charge is 2.25. The van der Waals surface area contributed by atoms with Crippen molar-refractivity contribution in [3.8, 4) is 0 Å². The lowest BCUT2D eigenvalue weighted by atomic mass is 10.2. The molecule has 0 spiro atoms. The minimum atomic E-state index is -3.46. The van der Waals surface area contributed by atoms with Gasteiger partial charge in [0.2, 0.25) is 10.0 Å². The number of hydrogen-bond acceptors (Lipinski definition) is 3. The zero-order valence-electron chi connectivity index (χ0n) is 14.9. The number of sulfonamides is 1. The van der Waals surface area contributed by atoms with Gasteiger partial charge in [-0.3, -0.25) is 0 Å². The molecule has 0 atom stereocenters. The lowest BCUT2D eigenvalue weighted by molar-refractivity contribution is 0.432. The van der Waals surface area contributed by atoms with Gasteiger partial charge in [-0.15, -0.1) is 0 Å². The Balaban J connectivity index is 1.62. The van der Waals surface area contributed by atoms with E-state index in [1.807, 2.05) is 42.6 Å². The molecule has 1 saturated heterocycles. The van der Waals surface area contributed by atoms with Gasteiger partial charge in [-0.25, -0.2) is 8.42 Å². The van der Waals surface area contributed by atoms with Crippen LogP contribution in [-0.4, -0.2) is 43.5 Å². The summed E-state index contributed by atoms with van der Waals surface area (Å²) in [4.78, 5) is 0.362. The molecule has 0 saturated carbocycles. The topological polar surface area (TPSA) is 54.3 Å². The highest BCUT2D eigenvalue weighted by atomic mass is 35.5. The average molecular weight is 404 g/mol. The second-order valence-electron chi connectivity index (χ2n) is 6.80. The molecular formula is C20H22ClN3O2S. The summed E-state index contributed by atoms with van der Waals surface area (Å²) in [6, 6.07) is 15.1. The van der Waals surface area contributed by atoms with Gasteiger partial charge in [0.25, 0.3) is 0 Å². The zero-order chi connectivity index (χ0) is 18.9. The Morgan fingerprint density at radius 3 is 2.63 bits per heavy atom. The molecule has 1 aliphatic heterocycles. The first-order valence-electron chi connectivity index (χ1n) is 9.08. The molecule has 5 nitrogen and oxygen atoms in total. The van der Waals surface area contributed by atoms with Crippen molar-refractivity contribution >= 4 is 32.5 Å². The first kappa shape index (κ1) is 18.5. The summed E-state index contributed by atoms with van der Waals surface area (Å²) in [7, 11) is -3.46. The van der Waals surface area contributed by atoms with Crippen LogP contribution in [0.5, 0.6) is 0 Å². The number of nitrogens with one attached hydrogen (secondary N) is 1. The molecular weight excluding hydrogens is 382 g/mol. The summed E-state index contributed by atoms with van der Waals surface area (Å²) < 4.78 is 29.7. The molecule has 27 heavy (non-hydrogen) atoms. The van der Waals surface area contributed by atoms with Crippen LogP contribution >= 0.6 is 11.6 Å². The minimum absolute atomic E-state index is 0.362. The van der Waals surface area contributed by atoms with E-state index < -0.39 is 10.0 Å². The molecule has 4 rings (SSSR count). The Hall–Kier alpha value is -1.86. The zero-order valence-corrected chi connectivity index (χ0v) is 16.5. The number of rotatable bonds is 4. The van der Waals surface area contributed by atoms with E-state index in [4.69, 9.17) is 11.6 Å². The fourth-order valence-corrected chi connectivity index (χ4v) is 5.11. The van der Waals surface area contributed by atoms with Crippen LogP contribution in [0.3, 0.4) is 0 Å². The van der Waals surface area contributed by atoms with E-state index in [9.17, 15) is 8.42 Å². The number of fused-ring (bicyclic) bond motifs is 1. The second-order valence-corrected chi connectivity index (χ2v) is 9.17. The molecule has 2 aromatic carbocycles. The molecule has 1 aromatic heterocycles. The minimum Gasteiger partial charge on any atom is -0.343 e. The number of benzene rings is 2. The molecule has 0 bridgehead atoms. The van der Waals surface area contributed by atoms with Gasteiger partial charge in [-0.1, -0.05) is 23.7 Å².